The van der Waals surface area contributed by atoms with Crippen LogP contribution in [0.4, 0.5) is 17.6 Å². The van der Waals surface area contributed by atoms with E-state index in [-0.39, 0.29) is 6.04 Å². The lowest BCUT2D eigenvalue weighted by Crippen LogP contribution is -2.52. The summed E-state index contributed by atoms with van der Waals surface area (Å²) in [6.07, 6.45) is 13.7. The minimum atomic E-state index is -3.04. The van der Waals surface area contributed by atoms with Gasteiger partial charge in [0.05, 0.1) is 19.4 Å². The van der Waals surface area contributed by atoms with Crippen molar-refractivity contribution < 1.29 is 13.6 Å². The van der Waals surface area contributed by atoms with E-state index in [9.17, 15) is 4.57 Å². The molecule has 4 rings (SSSR count). The molecule has 1 aliphatic heterocycles. The minimum Gasteiger partial charge on any atom is -0.383 e. The highest BCUT2D eigenvalue weighted by Gasteiger charge is 2.30. The van der Waals surface area contributed by atoms with Crippen LogP contribution in [0.15, 0.2) is 6.07 Å². The highest BCUT2D eigenvalue weighted by Crippen LogP contribution is 2.47. The molecule has 252 valence electrons. The van der Waals surface area contributed by atoms with Crippen molar-refractivity contribution in [1.29, 1.82) is 0 Å². The average Bonchev–Trinajstić information content (AvgIpc) is 3.02. The molecular weight excluding hydrogens is 575 g/mol. The monoisotopic (exact) mass is 636 g/mol. The molecule has 0 spiro atoms. The first-order chi connectivity index (χ1) is 21.4. The average molecular weight is 637 g/mol. The first-order valence-corrected chi connectivity index (χ1v) is 19.3. The van der Waals surface area contributed by atoms with Gasteiger partial charge in [-0.2, -0.15) is 9.97 Å². The Hall–Kier alpha value is -1.49. The summed E-state index contributed by atoms with van der Waals surface area (Å²) < 4.78 is 23.9. The van der Waals surface area contributed by atoms with E-state index in [4.69, 9.17) is 19.8 Å². The van der Waals surface area contributed by atoms with Crippen LogP contribution in [0.3, 0.4) is 0 Å². The third-order valence-corrected chi connectivity index (χ3v) is 11.7. The van der Waals surface area contributed by atoms with Crippen LogP contribution in [0.25, 0.3) is 0 Å². The largest absolute Gasteiger partial charge is 0.383 e. The fraction of sp³-hybridized carbons (Fsp3) is 0.875. The zero-order valence-electron chi connectivity index (χ0n) is 27.8. The molecule has 1 aromatic heterocycles. The van der Waals surface area contributed by atoms with Crippen LogP contribution in [-0.4, -0.2) is 98.7 Å². The highest BCUT2D eigenvalue weighted by molar-refractivity contribution is 7.53. The molecule has 12 heteroatoms. The summed E-state index contributed by atoms with van der Waals surface area (Å²) in [5, 5.41) is 11.0. The van der Waals surface area contributed by atoms with E-state index in [2.05, 4.69) is 37.7 Å². The molecule has 5 N–H and O–H groups in total. The molecule has 0 bridgehead atoms. The van der Waals surface area contributed by atoms with E-state index in [0.717, 1.165) is 63.6 Å². The van der Waals surface area contributed by atoms with Gasteiger partial charge < -0.3 is 35.6 Å². The van der Waals surface area contributed by atoms with Gasteiger partial charge in [0.25, 0.3) is 0 Å². The Morgan fingerprint density at radius 2 is 1.66 bits per heavy atom. The predicted molar refractivity (Wildman–Crippen MR) is 182 cm³/mol. The number of rotatable bonds is 18. The number of nitrogen functional groups attached to an aromatic ring is 1. The van der Waals surface area contributed by atoms with Gasteiger partial charge in [-0.15, -0.1) is 0 Å². The van der Waals surface area contributed by atoms with Crippen molar-refractivity contribution in [3.8, 4) is 0 Å². The molecule has 0 aromatic carbocycles. The first-order valence-electron chi connectivity index (χ1n) is 17.6. The minimum absolute atomic E-state index is 0.274. The van der Waals surface area contributed by atoms with Crippen molar-refractivity contribution in [3.63, 3.8) is 0 Å². The Morgan fingerprint density at radius 3 is 2.34 bits per heavy atom. The maximum atomic E-state index is 12.9. The van der Waals surface area contributed by atoms with Crippen LogP contribution >= 0.6 is 7.60 Å². The van der Waals surface area contributed by atoms with Crippen molar-refractivity contribution in [2.45, 2.75) is 97.1 Å². The molecule has 1 aromatic rings. The number of nitrogens with two attached hydrogens (primary N) is 1. The maximum absolute atomic E-state index is 12.9. The first kappa shape index (κ1) is 35.4. The Morgan fingerprint density at radius 1 is 0.955 bits per heavy atom. The molecule has 1 atom stereocenters. The van der Waals surface area contributed by atoms with Crippen LogP contribution in [0, 0.1) is 11.8 Å². The molecule has 44 heavy (non-hydrogen) atoms. The summed E-state index contributed by atoms with van der Waals surface area (Å²) in [6, 6.07) is 2.91. The fourth-order valence-electron chi connectivity index (χ4n) is 7.05. The van der Waals surface area contributed by atoms with Gasteiger partial charge in [-0.1, -0.05) is 19.3 Å². The molecule has 0 amide bonds. The number of anilines is 3. The van der Waals surface area contributed by atoms with Gasteiger partial charge in [-0.05, 0) is 97.2 Å². The molecule has 2 saturated carbocycles. The number of nitrogens with zero attached hydrogens (tertiary/aromatic N) is 4. The van der Waals surface area contributed by atoms with Crippen molar-refractivity contribution >= 4 is 25.2 Å². The topological polar surface area (TPSA) is 130 Å². The van der Waals surface area contributed by atoms with Crippen LogP contribution in [0.1, 0.15) is 85.0 Å². The quantitative estimate of drug-likeness (QED) is 0.129. The lowest BCUT2D eigenvalue weighted by molar-refractivity contribution is 0.184. The van der Waals surface area contributed by atoms with Crippen LogP contribution in [0.5, 0.6) is 0 Å². The van der Waals surface area contributed by atoms with Gasteiger partial charge in [0, 0.05) is 50.9 Å². The van der Waals surface area contributed by atoms with Crippen LogP contribution < -0.4 is 26.6 Å². The van der Waals surface area contributed by atoms with Gasteiger partial charge >= 0.3 is 7.60 Å². The molecule has 1 saturated heterocycles. The second-order valence-corrected chi connectivity index (χ2v) is 15.3. The Bertz CT molecular complexity index is 996. The van der Waals surface area contributed by atoms with Gasteiger partial charge in [-0.25, -0.2) is 0 Å². The second kappa shape index (κ2) is 18.6. The summed E-state index contributed by atoms with van der Waals surface area (Å²) in [7, 11) is -3.04. The molecule has 2 aliphatic carbocycles. The second-order valence-electron chi connectivity index (χ2n) is 13.1. The normalized spacial score (nSPS) is 24.1. The molecule has 1 unspecified atom stereocenters. The van der Waals surface area contributed by atoms with Crippen LogP contribution in [0.2, 0.25) is 0 Å². The van der Waals surface area contributed by atoms with Crippen molar-refractivity contribution in [3.05, 3.63) is 6.07 Å². The zero-order chi connectivity index (χ0) is 31.2. The molecular formula is C32H61N8O3P. The van der Waals surface area contributed by atoms with E-state index in [0.29, 0.717) is 43.6 Å². The van der Waals surface area contributed by atoms with Crippen LogP contribution in [-0.2, 0) is 13.6 Å². The summed E-state index contributed by atoms with van der Waals surface area (Å²) in [5.74, 6) is 3.41. The van der Waals surface area contributed by atoms with Crippen molar-refractivity contribution in [2.75, 3.05) is 87.7 Å². The smallest absolute Gasteiger partial charge is 0.331 e. The van der Waals surface area contributed by atoms with E-state index in [1.165, 1.54) is 64.2 Å². The Labute approximate surface area is 266 Å². The molecule has 3 aliphatic rings. The zero-order valence-corrected chi connectivity index (χ0v) is 28.7. The van der Waals surface area contributed by atoms with E-state index >= 15 is 0 Å². The van der Waals surface area contributed by atoms with Gasteiger partial charge in [0.1, 0.15) is 11.6 Å². The third kappa shape index (κ3) is 11.7. The molecule has 2 heterocycles. The molecule has 3 fully saturated rings. The number of nitrogens with one attached hydrogen (secondary N) is 3. The maximum Gasteiger partial charge on any atom is 0.331 e. The third-order valence-electron chi connectivity index (χ3n) is 9.65. The van der Waals surface area contributed by atoms with Gasteiger partial charge in [0.2, 0.25) is 5.95 Å². The summed E-state index contributed by atoms with van der Waals surface area (Å²) >= 11 is 0. The lowest BCUT2D eigenvalue weighted by atomic mass is 9.82. The Kier molecular flexibility index (Phi) is 15.0. The number of hydrogen-bond acceptors (Lipinski definition) is 11. The molecule has 11 nitrogen and oxygen atoms in total. The predicted octanol–water partition coefficient (Wildman–Crippen LogP) is 4.96. The van der Waals surface area contributed by atoms with E-state index in [1.54, 1.807) is 0 Å². The summed E-state index contributed by atoms with van der Waals surface area (Å²) in [5.41, 5.74) is 6.22. The summed E-state index contributed by atoms with van der Waals surface area (Å²) in [6.45, 7) is 14.2. The lowest BCUT2D eigenvalue weighted by Gasteiger charge is -2.40. The number of piperazine rings is 1. The number of hydrogen-bond donors (Lipinski definition) is 4. The van der Waals surface area contributed by atoms with E-state index < -0.39 is 7.60 Å². The Balaban J connectivity index is 1.13. The number of aromatic nitrogens is 2. The van der Waals surface area contributed by atoms with Gasteiger partial charge in [-0.3, -0.25) is 9.46 Å². The SMILES string of the molecule is CCOP(=O)(CCN1CCN(c2cc(N)nc(NC[C@H]3CC[C@H](CNCCCNC4CCCCC4)CC3)n2)CC1C)OCC. The van der Waals surface area contributed by atoms with Crippen molar-refractivity contribution in [2.24, 2.45) is 11.8 Å². The van der Waals surface area contributed by atoms with Gasteiger partial charge in [0.15, 0.2) is 0 Å². The standard InChI is InChI=1S/C32H61N8O3P/c1-4-42-44(41,43-5-2)21-20-39-18-19-40(25-26(39)3)31-22-30(33)37-32(38-31)36-24-28-14-12-27(13-15-28)23-34-16-9-17-35-29-10-7-6-8-11-29/h22,26-29,34-35H,4-21,23-25H2,1-3H3,(H3,33,36,37,38)/t26?,27-,28-. The van der Waals surface area contributed by atoms with E-state index in [1.807, 2.05) is 19.9 Å². The van der Waals surface area contributed by atoms with Crippen molar-refractivity contribution in [1.82, 2.24) is 25.5 Å². The summed E-state index contributed by atoms with van der Waals surface area (Å²) in [4.78, 5) is 14.0. The highest BCUT2D eigenvalue weighted by atomic mass is 31.2. The fourth-order valence-corrected chi connectivity index (χ4v) is 8.67. The molecule has 0 radical (unpaired) electrons.